The summed E-state index contributed by atoms with van der Waals surface area (Å²) >= 11 is 0. The van der Waals surface area contributed by atoms with Crippen LogP contribution in [0.25, 0.3) is 0 Å². The number of carbonyl (C=O) groups is 2. The second-order valence-corrected chi connectivity index (χ2v) is 4.35. The molecule has 0 aromatic heterocycles. The maximum Gasteiger partial charge on any atom is 0.415 e. The van der Waals surface area contributed by atoms with E-state index in [-0.39, 0.29) is 11.9 Å². The molecule has 1 fully saturated rings. The lowest BCUT2D eigenvalue weighted by molar-refractivity contribution is -0.121. The van der Waals surface area contributed by atoms with E-state index in [1.54, 1.807) is 11.0 Å². The maximum absolute atomic E-state index is 11.9. The third kappa shape index (κ3) is 2.88. The number of nitrogens with zero attached hydrogens (tertiary/aromatic N) is 1. The zero-order chi connectivity index (χ0) is 13.0. The van der Waals surface area contributed by atoms with Gasteiger partial charge in [0.1, 0.15) is 11.5 Å². The lowest BCUT2D eigenvalue weighted by Crippen LogP contribution is -2.40. The van der Waals surface area contributed by atoms with Crippen LogP contribution in [0, 0.1) is 0 Å². The van der Waals surface area contributed by atoms with Crippen molar-refractivity contribution >= 4 is 11.9 Å². The second-order valence-electron chi connectivity index (χ2n) is 4.35. The van der Waals surface area contributed by atoms with E-state index >= 15 is 0 Å². The van der Waals surface area contributed by atoms with Crippen molar-refractivity contribution in [1.82, 2.24) is 4.90 Å². The van der Waals surface area contributed by atoms with Gasteiger partial charge < -0.3 is 9.64 Å². The van der Waals surface area contributed by atoms with Gasteiger partial charge in [-0.25, -0.2) is 4.79 Å². The van der Waals surface area contributed by atoms with E-state index in [1.165, 1.54) is 0 Å². The maximum atomic E-state index is 11.9. The molecule has 1 aliphatic heterocycles. The van der Waals surface area contributed by atoms with Crippen LogP contribution in [0.4, 0.5) is 4.79 Å². The molecule has 1 amide bonds. The highest BCUT2D eigenvalue weighted by molar-refractivity contribution is 5.82. The van der Waals surface area contributed by atoms with Crippen LogP contribution in [-0.2, 0) is 11.2 Å². The molecule has 96 valence electrons. The highest BCUT2D eigenvalue weighted by Gasteiger charge is 2.22. The quantitative estimate of drug-likeness (QED) is 0.806. The van der Waals surface area contributed by atoms with Crippen LogP contribution in [0.2, 0.25) is 0 Å². The number of piperidine rings is 1. The lowest BCUT2D eigenvalue weighted by Gasteiger charge is -2.25. The number of carbonyl (C=O) groups excluding carboxylic acids is 2. The fourth-order valence-electron chi connectivity index (χ4n) is 1.99. The number of Topliss-reactive ketones (excluding diaryl/α,β-unsaturated/α-hetero) is 1. The van der Waals surface area contributed by atoms with Gasteiger partial charge >= 0.3 is 6.09 Å². The summed E-state index contributed by atoms with van der Waals surface area (Å²) in [5, 5.41) is 0. The minimum Gasteiger partial charge on any atom is -0.410 e. The molecule has 2 rings (SSSR count). The van der Waals surface area contributed by atoms with E-state index in [4.69, 9.17) is 4.74 Å². The first kappa shape index (κ1) is 12.6. The van der Waals surface area contributed by atoms with Crippen LogP contribution >= 0.6 is 0 Å². The van der Waals surface area contributed by atoms with Crippen molar-refractivity contribution in [3.63, 3.8) is 0 Å². The third-order valence-corrected chi connectivity index (χ3v) is 3.13. The highest BCUT2D eigenvalue weighted by atomic mass is 16.6. The number of aryl methyl sites for hydroxylation is 1. The smallest absolute Gasteiger partial charge is 0.410 e. The number of hydrogen-bond acceptors (Lipinski definition) is 3. The van der Waals surface area contributed by atoms with Crippen LogP contribution in [0.5, 0.6) is 5.75 Å². The molecule has 1 aliphatic rings. The summed E-state index contributed by atoms with van der Waals surface area (Å²) in [6.07, 6.45) is 1.33. The molecule has 1 aromatic rings. The van der Waals surface area contributed by atoms with Crippen LogP contribution in [0.15, 0.2) is 24.3 Å². The Morgan fingerprint density at radius 3 is 2.61 bits per heavy atom. The van der Waals surface area contributed by atoms with E-state index < -0.39 is 0 Å². The van der Waals surface area contributed by atoms with Gasteiger partial charge in [0.05, 0.1) is 0 Å². The van der Waals surface area contributed by atoms with Gasteiger partial charge in [-0.2, -0.15) is 0 Å². The number of benzene rings is 1. The number of ketones is 1. The summed E-state index contributed by atoms with van der Waals surface area (Å²) < 4.78 is 5.39. The average Bonchev–Trinajstić information content (AvgIpc) is 2.40. The van der Waals surface area contributed by atoms with Crippen molar-refractivity contribution < 1.29 is 14.3 Å². The fourth-order valence-corrected chi connectivity index (χ4v) is 1.99. The molecule has 0 N–H and O–H groups in total. The van der Waals surface area contributed by atoms with E-state index in [0.717, 1.165) is 12.0 Å². The molecule has 0 saturated carbocycles. The van der Waals surface area contributed by atoms with Gasteiger partial charge in [-0.15, -0.1) is 0 Å². The van der Waals surface area contributed by atoms with Gasteiger partial charge in [0, 0.05) is 25.9 Å². The molecule has 4 nitrogen and oxygen atoms in total. The molecule has 18 heavy (non-hydrogen) atoms. The van der Waals surface area contributed by atoms with Gasteiger partial charge in [0.2, 0.25) is 0 Å². The van der Waals surface area contributed by atoms with Crippen LogP contribution in [0.1, 0.15) is 25.3 Å². The standard InChI is InChI=1S/C14H17NO3/c1-2-11-5-3-4-6-13(11)18-14(17)15-9-7-12(16)8-10-15/h3-6H,2,7-10H2,1H3. The Kier molecular flexibility index (Phi) is 3.97. The number of amides is 1. The summed E-state index contributed by atoms with van der Waals surface area (Å²) in [6, 6.07) is 7.52. The second kappa shape index (κ2) is 5.67. The molecule has 1 aromatic carbocycles. The largest absolute Gasteiger partial charge is 0.415 e. The Bertz CT molecular complexity index is 446. The Hall–Kier alpha value is -1.84. The first-order valence-electron chi connectivity index (χ1n) is 6.27. The van der Waals surface area contributed by atoms with Crippen LogP contribution in [-0.4, -0.2) is 29.9 Å². The third-order valence-electron chi connectivity index (χ3n) is 3.13. The monoisotopic (exact) mass is 247 g/mol. The zero-order valence-electron chi connectivity index (χ0n) is 10.5. The molecule has 1 heterocycles. The van der Waals surface area contributed by atoms with Crippen LogP contribution < -0.4 is 4.74 Å². The Morgan fingerprint density at radius 1 is 1.28 bits per heavy atom. The average molecular weight is 247 g/mol. The normalized spacial score (nSPS) is 15.6. The number of ether oxygens (including phenoxy) is 1. The lowest BCUT2D eigenvalue weighted by atomic mass is 10.1. The zero-order valence-corrected chi connectivity index (χ0v) is 10.5. The van der Waals surface area contributed by atoms with Crippen molar-refractivity contribution in [1.29, 1.82) is 0 Å². The molecule has 0 aliphatic carbocycles. The van der Waals surface area contributed by atoms with Gasteiger partial charge in [-0.05, 0) is 18.1 Å². The molecule has 0 spiro atoms. The number of hydrogen-bond donors (Lipinski definition) is 0. The summed E-state index contributed by atoms with van der Waals surface area (Å²) in [7, 11) is 0. The molecule has 0 unspecified atom stereocenters. The molecule has 0 radical (unpaired) electrons. The van der Waals surface area contributed by atoms with E-state index in [0.29, 0.717) is 31.7 Å². The SMILES string of the molecule is CCc1ccccc1OC(=O)N1CCC(=O)CC1. The van der Waals surface area contributed by atoms with Crippen molar-refractivity contribution in [3.8, 4) is 5.75 Å². The Morgan fingerprint density at radius 2 is 1.94 bits per heavy atom. The van der Waals surface area contributed by atoms with Gasteiger partial charge in [-0.1, -0.05) is 25.1 Å². The summed E-state index contributed by atoms with van der Waals surface area (Å²) in [5.74, 6) is 0.829. The van der Waals surface area contributed by atoms with Gasteiger partial charge in [0.15, 0.2) is 0 Å². The number of para-hydroxylation sites is 1. The molecule has 1 saturated heterocycles. The predicted octanol–water partition coefficient (Wildman–Crippen LogP) is 2.41. The first-order valence-corrected chi connectivity index (χ1v) is 6.27. The summed E-state index contributed by atoms with van der Waals surface area (Å²) in [6.45, 7) is 2.95. The first-order chi connectivity index (χ1) is 8.70. The highest BCUT2D eigenvalue weighted by Crippen LogP contribution is 2.19. The minimum absolute atomic E-state index is 0.216. The summed E-state index contributed by atoms with van der Waals surface area (Å²) in [4.78, 5) is 24.6. The van der Waals surface area contributed by atoms with Gasteiger partial charge in [0.25, 0.3) is 0 Å². The van der Waals surface area contributed by atoms with Crippen molar-refractivity contribution in [2.24, 2.45) is 0 Å². The topological polar surface area (TPSA) is 46.6 Å². The molecule has 0 bridgehead atoms. The van der Waals surface area contributed by atoms with E-state index in [2.05, 4.69) is 0 Å². The minimum atomic E-state index is -0.358. The van der Waals surface area contributed by atoms with E-state index in [1.807, 2.05) is 25.1 Å². The predicted molar refractivity (Wildman–Crippen MR) is 67.7 cm³/mol. The van der Waals surface area contributed by atoms with Crippen molar-refractivity contribution in [2.45, 2.75) is 26.2 Å². The molecule has 4 heteroatoms. The van der Waals surface area contributed by atoms with Crippen LogP contribution in [0.3, 0.4) is 0 Å². The summed E-state index contributed by atoms with van der Waals surface area (Å²) in [5.41, 5.74) is 1.01. The Balaban J connectivity index is 2.00. The Labute approximate surface area is 107 Å². The van der Waals surface area contributed by atoms with Crippen molar-refractivity contribution in [2.75, 3.05) is 13.1 Å². The van der Waals surface area contributed by atoms with Crippen molar-refractivity contribution in [3.05, 3.63) is 29.8 Å². The number of rotatable bonds is 2. The van der Waals surface area contributed by atoms with E-state index in [9.17, 15) is 9.59 Å². The molecular formula is C14H17NO3. The molecule has 0 atom stereocenters. The molecular weight excluding hydrogens is 230 g/mol. The fraction of sp³-hybridized carbons (Fsp3) is 0.429. The number of likely N-dealkylation sites (tertiary alicyclic amines) is 1. The van der Waals surface area contributed by atoms with Gasteiger partial charge in [-0.3, -0.25) is 4.79 Å².